The first-order valence-corrected chi connectivity index (χ1v) is 11.0. The molecule has 166 valence electrons. The average molecular weight is 472 g/mol. The molecular weight excluding hydrogens is 449 g/mol. The van der Waals surface area contributed by atoms with E-state index in [2.05, 4.69) is 38.0 Å². The van der Waals surface area contributed by atoms with Gasteiger partial charge in [-0.2, -0.15) is 0 Å². The highest BCUT2D eigenvalue weighted by atomic mass is 35.5. The topological polar surface area (TPSA) is 69.7 Å². The van der Waals surface area contributed by atoms with Crippen LogP contribution in [0.5, 0.6) is 0 Å². The zero-order chi connectivity index (χ0) is 23.4. The van der Waals surface area contributed by atoms with Crippen molar-refractivity contribution in [3.63, 3.8) is 0 Å². The summed E-state index contributed by atoms with van der Waals surface area (Å²) in [5.74, 6) is -1.17. The molecule has 8 heteroatoms. The van der Waals surface area contributed by atoms with Gasteiger partial charge in [-0.1, -0.05) is 36.2 Å². The molecule has 1 unspecified atom stereocenters. The molecule has 0 radical (unpaired) electrons. The van der Waals surface area contributed by atoms with Crippen LogP contribution in [0, 0.1) is 0 Å². The van der Waals surface area contributed by atoms with Gasteiger partial charge in [0.1, 0.15) is 5.57 Å². The Kier molecular flexibility index (Phi) is 5.55. The van der Waals surface area contributed by atoms with Gasteiger partial charge in [0.05, 0.1) is 10.7 Å². The maximum Gasteiger partial charge on any atom is 0.335 e. The molecular formula is C24H23Cl2N3O3. The number of urea groups is 1. The molecule has 1 N–H and O–H groups in total. The van der Waals surface area contributed by atoms with Gasteiger partial charge in [0, 0.05) is 23.3 Å². The van der Waals surface area contributed by atoms with Gasteiger partial charge in [0.25, 0.3) is 11.8 Å². The Bertz CT molecular complexity index is 1190. The standard InChI is InChI=1S/C24H23Cl2N3O3/c1-13-12-24(2,3)28(4)19-7-5-14(9-16(13)19)10-17-21(30)27-23(32)29(22(17)31)20-8-6-15(25)11-18(20)26/h5-11,13H,12H2,1-4H3,(H,27,30,32)/b17-10-. The van der Waals surface area contributed by atoms with E-state index in [1.807, 2.05) is 18.2 Å². The van der Waals surface area contributed by atoms with Gasteiger partial charge in [-0.15, -0.1) is 0 Å². The predicted octanol–water partition coefficient (Wildman–Crippen LogP) is 5.38. The number of carbonyl (C=O) groups excluding carboxylic acids is 3. The highest BCUT2D eigenvalue weighted by Crippen LogP contribution is 2.43. The molecule has 2 aliphatic rings. The monoisotopic (exact) mass is 471 g/mol. The molecule has 32 heavy (non-hydrogen) atoms. The van der Waals surface area contributed by atoms with Crippen LogP contribution in [0.15, 0.2) is 42.0 Å². The molecule has 0 aliphatic carbocycles. The Morgan fingerprint density at radius 3 is 2.44 bits per heavy atom. The van der Waals surface area contributed by atoms with Gasteiger partial charge in [-0.25, -0.2) is 9.69 Å². The molecule has 1 fully saturated rings. The highest BCUT2D eigenvalue weighted by Gasteiger charge is 2.38. The smallest absolute Gasteiger partial charge is 0.335 e. The number of anilines is 2. The van der Waals surface area contributed by atoms with Crippen LogP contribution < -0.4 is 15.1 Å². The number of amides is 4. The largest absolute Gasteiger partial charge is 0.369 e. The maximum absolute atomic E-state index is 13.2. The fourth-order valence-corrected chi connectivity index (χ4v) is 4.88. The van der Waals surface area contributed by atoms with E-state index in [0.29, 0.717) is 16.5 Å². The summed E-state index contributed by atoms with van der Waals surface area (Å²) in [4.78, 5) is 41.2. The van der Waals surface area contributed by atoms with E-state index < -0.39 is 17.8 Å². The lowest BCUT2D eigenvalue weighted by Crippen LogP contribution is -2.54. The third-order valence-corrected chi connectivity index (χ3v) is 6.76. The van der Waals surface area contributed by atoms with Crippen LogP contribution in [0.2, 0.25) is 10.0 Å². The Balaban J connectivity index is 1.74. The molecule has 4 rings (SSSR count). The van der Waals surface area contributed by atoms with Crippen LogP contribution in [0.4, 0.5) is 16.2 Å². The number of fused-ring (bicyclic) bond motifs is 1. The van der Waals surface area contributed by atoms with E-state index in [4.69, 9.17) is 23.2 Å². The van der Waals surface area contributed by atoms with E-state index in [1.165, 1.54) is 24.3 Å². The number of imide groups is 2. The number of benzene rings is 2. The van der Waals surface area contributed by atoms with Crippen LogP contribution in [0.1, 0.15) is 44.2 Å². The van der Waals surface area contributed by atoms with Gasteiger partial charge in [-0.05, 0) is 73.7 Å². The van der Waals surface area contributed by atoms with Crippen molar-refractivity contribution in [2.45, 2.75) is 38.6 Å². The van der Waals surface area contributed by atoms with Crippen LogP contribution >= 0.6 is 23.2 Å². The number of barbiturate groups is 1. The first kappa shape index (κ1) is 22.4. The fourth-order valence-electron chi connectivity index (χ4n) is 4.39. The van der Waals surface area contributed by atoms with Gasteiger partial charge >= 0.3 is 6.03 Å². The number of carbonyl (C=O) groups is 3. The lowest BCUT2D eigenvalue weighted by Gasteiger charge is -2.45. The number of nitrogens with one attached hydrogen (secondary N) is 1. The molecule has 6 nitrogen and oxygen atoms in total. The molecule has 4 amide bonds. The van der Waals surface area contributed by atoms with Crippen molar-refractivity contribution in [2.24, 2.45) is 0 Å². The average Bonchev–Trinajstić information content (AvgIpc) is 2.70. The first-order chi connectivity index (χ1) is 15.0. The summed E-state index contributed by atoms with van der Waals surface area (Å²) in [6, 6.07) is 9.43. The minimum absolute atomic E-state index is 0.0321. The maximum atomic E-state index is 13.2. The molecule has 2 heterocycles. The summed E-state index contributed by atoms with van der Waals surface area (Å²) >= 11 is 12.1. The Morgan fingerprint density at radius 2 is 1.75 bits per heavy atom. The van der Waals surface area contributed by atoms with Crippen molar-refractivity contribution in [1.82, 2.24) is 5.32 Å². The molecule has 2 aromatic rings. The third kappa shape index (κ3) is 3.78. The van der Waals surface area contributed by atoms with Crippen molar-refractivity contribution in [3.05, 3.63) is 63.1 Å². The molecule has 0 bridgehead atoms. The second kappa shape index (κ2) is 7.94. The second-order valence-electron chi connectivity index (χ2n) is 8.85. The van der Waals surface area contributed by atoms with E-state index in [9.17, 15) is 14.4 Å². The predicted molar refractivity (Wildman–Crippen MR) is 127 cm³/mol. The van der Waals surface area contributed by atoms with Gasteiger partial charge < -0.3 is 4.90 Å². The quantitative estimate of drug-likeness (QED) is 0.471. The van der Waals surface area contributed by atoms with Crippen LogP contribution in [0.3, 0.4) is 0 Å². The first-order valence-electron chi connectivity index (χ1n) is 10.2. The van der Waals surface area contributed by atoms with Gasteiger partial charge in [0.2, 0.25) is 0 Å². The molecule has 2 aromatic carbocycles. The summed E-state index contributed by atoms with van der Waals surface area (Å²) in [7, 11) is 2.07. The highest BCUT2D eigenvalue weighted by molar-refractivity contribution is 6.42. The number of nitrogens with zero attached hydrogens (tertiary/aromatic N) is 2. The van der Waals surface area contributed by atoms with E-state index in [-0.39, 0.29) is 21.8 Å². The lowest BCUT2D eigenvalue weighted by molar-refractivity contribution is -0.122. The molecule has 1 atom stereocenters. The third-order valence-electron chi connectivity index (χ3n) is 6.22. The fraction of sp³-hybridized carbons (Fsp3) is 0.292. The van der Waals surface area contributed by atoms with Crippen molar-refractivity contribution in [3.8, 4) is 0 Å². The summed E-state index contributed by atoms with van der Waals surface area (Å²) < 4.78 is 0. The van der Waals surface area contributed by atoms with E-state index in [1.54, 1.807) is 0 Å². The van der Waals surface area contributed by atoms with Crippen LogP contribution in [-0.4, -0.2) is 30.4 Å². The molecule has 0 spiro atoms. The molecule has 0 aromatic heterocycles. The van der Waals surface area contributed by atoms with E-state index in [0.717, 1.165) is 22.6 Å². The SMILES string of the molecule is CC1CC(C)(C)N(C)c2ccc(/C=C3/C(=O)NC(=O)N(c4ccc(Cl)cc4Cl)C3=O)cc21. The van der Waals surface area contributed by atoms with Crippen LogP contribution in [-0.2, 0) is 9.59 Å². The van der Waals surface area contributed by atoms with Crippen molar-refractivity contribution >= 4 is 58.5 Å². The van der Waals surface area contributed by atoms with Crippen molar-refractivity contribution in [1.29, 1.82) is 0 Å². The van der Waals surface area contributed by atoms with Gasteiger partial charge in [0.15, 0.2) is 0 Å². The zero-order valence-corrected chi connectivity index (χ0v) is 19.7. The Hall–Kier alpha value is -2.83. The Labute approximate surface area is 196 Å². The number of rotatable bonds is 2. The Morgan fingerprint density at radius 1 is 1.06 bits per heavy atom. The summed E-state index contributed by atoms with van der Waals surface area (Å²) in [6.45, 7) is 6.59. The number of hydrogen-bond donors (Lipinski definition) is 1. The number of halogens is 2. The summed E-state index contributed by atoms with van der Waals surface area (Å²) in [6.07, 6.45) is 2.49. The van der Waals surface area contributed by atoms with E-state index >= 15 is 0 Å². The molecule has 1 saturated heterocycles. The minimum atomic E-state index is -0.857. The van der Waals surface area contributed by atoms with Gasteiger partial charge in [-0.3, -0.25) is 14.9 Å². The number of hydrogen-bond acceptors (Lipinski definition) is 4. The summed E-state index contributed by atoms with van der Waals surface area (Å²) in [5, 5.41) is 2.71. The minimum Gasteiger partial charge on any atom is -0.369 e. The molecule has 2 aliphatic heterocycles. The second-order valence-corrected chi connectivity index (χ2v) is 9.69. The van der Waals surface area contributed by atoms with Crippen molar-refractivity contribution < 1.29 is 14.4 Å². The summed E-state index contributed by atoms with van der Waals surface area (Å²) in [5.41, 5.74) is 3.02. The van der Waals surface area contributed by atoms with Crippen molar-refractivity contribution in [2.75, 3.05) is 16.8 Å². The lowest BCUT2D eigenvalue weighted by atomic mass is 9.80. The normalized spacial score (nSPS) is 21.6. The zero-order valence-electron chi connectivity index (χ0n) is 18.2. The molecule has 0 saturated carbocycles. The van der Waals surface area contributed by atoms with Crippen LogP contribution in [0.25, 0.3) is 6.08 Å².